The van der Waals surface area contributed by atoms with Crippen LogP contribution in [0, 0.1) is 5.92 Å². The molecule has 0 bridgehead atoms. The van der Waals surface area contributed by atoms with Crippen LogP contribution >= 0.6 is 11.6 Å². The van der Waals surface area contributed by atoms with Crippen molar-refractivity contribution in [3.05, 3.63) is 34.3 Å². The van der Waals surface area contributed by atoms with Crippen LogP contribution in [0.4, 0.5) is 0 Å². The number of carbonyl (C=O) groups excluding carboxylic acids is 2. The van der Waals surface area contributed by atoms with Crippen molar-refractivity contribution in [2.24, 2.45) is 5.92 Å². The first-order chi connectivity index (χ1) is 8.63. The van der Waals surface area contributed by atoms with Gasteiger partial charge in [-0.05, 0) is 37.1 Å². The maximum absolute atomic E-state index is 12.1. The fraction of sp³-hybridized carbons (Fsp3) is 0.429. The monoisotopic (exact) mass is 266 g/mol. The Labute approximate surface area is 111 Å². The zero-order valence-corrected chi connectivity index (χ0v) is 11.0. The summed E-state index contributed by atoms with van der Waals surface area (Å²) in [7, 11) is 0. The lowest BCUT2D eigenvalue weighted by molar-refractivity contribution is -0.122. The van der Waals surface area contributed by atoms with E-state index in [2.05, 4.69) is 0 Å². The maximum Gasteiger partial charge on any atom is 0.173 e. The van der Waals surface area contributed by atoms with Gasteiger partial charge in [-0.3, -0.25) is 9.59 Å². The SMILES string of the molecule is CCOCCC(=O)C1Cc2cc(Cl)ccc2C1=O. The number of benzene rings is 1. The van der Waals surface area contributed by atoms with E-state index in [1.165, 1.54) is 0 Å². The van der Waals surface area contributed by atoms with E-state index in [4.69, 9.17) is 16.3 Å². The molecule has 4 heteroatoms. The van der Waals surface area contributed by atoms with Gasteiger partial charge < -0.3 is 4.74 Å². The quantitative estimate of drug-likeness (QED) is 0.608. The van der Waals surface area contributed by atoms with Gasteiger partial charge in [-0.15, -0.1) is 0 Å². The van der Waals surface area contributed by atoms with Crippen molar-refractivity contribution in [1.82, 2.24) is 0 Å². The molecule has 2 rings (SSSR count). The number of hydrogen-bond acceptors (Lipinski definition) is 3. The molecule has 0 aromatic heterocycles. The second kappa shape index (κ2) is 5.63. The smallest absolute Gasteiger partial charge is 0.173 e. The molecular weight excluding hydrogens is 252 g/mol. The molecule has 0 amide bonds. The highest BCUT2D eigenvalue weighted by Crippen LogP contribution is 2.30. The minimum Gasteiger partial charge on any atom is -0.381 e. The number of rotatable bonds is 5. The third-order valence-corrected chi connectivity index (χ3v) is 3.39. The van der Waals surface area contributed by atoms with Crippen LogP contribution in [-0.4, -0.2) is 24.8 Å². The van der Waals surface area contributed by atoms with Crippen molar-refractivity contribution in [2.75, 3.05) is 13.2 Å². The van der Waals surface area contributed by atoms with Crippen molar-refractivity contribution in [1.29, 1.82) is 0 Å². The number of hydrogen-bond donors (Lipinski definition) is 0. The fourth-order valence-electron chi connectivity index (χ4n) is 2.22. The summed E-state index contributed by atoms with van der Waals surface area (Å²) in [5.41, 5.74) is 1.51. The highest BCUT2D eigenvalue weighted by atomic mass is 35.5. The van der Waals surface area contributed by atoms with Gasteiger partial charge in [-0.1, -0.05) is 11.6 Å². The lowest BCUT2D eigenvalue weighted by Gasteiger charge is -2.06. The van der Waals surface area contributed by atoms with Crippen LogP contribution in [0.25, 0.3) is 0 Å². The Hall–Kier alpha value is -1.19. The summed E-state index contributed by atoms with van der Waals surface area (Å²) in [6.45, 7) is 2.85. The Bertz CT molecular complexity index is 482. The standard InChI is InChI=1S/C14H15ClO3/c1-2-18-6-5-13(16)12-8-9-7-10(15)3-4-11(9)14(12)17/h3-4,7,12H,2,5-6,8H2,1H3. The number of fused-ring (bicyclic) bond motifs is 1. The zero-order chi connectivity index (χ0) is 13.1. The van der Waals surface area contributed by atoms with Crippen molar-refractivity contribution < 1.29 is 14.3 Å². The van der Waals surface area contributed by atoms with Crippen LogP contribution in [0.2, 0.25) is 5.02 Å². The Kier molecular flexibility index (Phi) is 4.15. The van der Waals surface area contributed by atoms with E-state index in [1.54, 1.807) is 18.2 Å². The molecule has 3 nitrogen and oxygen atoms in total. The molecule has 0 spiro atoms. The van der Waals surface area contributed by atoms with E-state index in [0.29, 0.717) is 36.6 Å². The number of ketones is 2. The average Bonchev–Trinajstić information content (AvgIpc) is 2.66. The van der Waals surface area contributed by atoms with E-state index in [1.807, 2.05) is 6.92 Å². The molecular formula is C14H15ClO3. The van der Waals surface area contributed by atoms with Gasteiger partial charge in [0.15, 0.2) is 5.78 Å². The summed E-state index contributed by atoms with van der Waals surface area (Å²) in [6, 6.07) is 5.16. The molecule has 0 radical (unpaired) electrons. The molecule has 0 aliphatic heterocycles. The predicted octanol–water partition coefficient (Wildman–Crippen LogP) is 2.69. The molecule has 96 valence electrons. The van der Waals surface area contributed by atoms with E-state index in [-0.39, 0.29) is 11.6 Å². The van der Waals surface area contributed by atoms with Gasteiger partial charge in [0.2, 0.25) is 0 Å². The number of ether oxygens (including phenoxy) is 1. The molecule has 1 aliphatic carbocycles. The molecule has 0 saturated heterocycles. The maximum atomic E-state index is 12.1. The lowest BCUT2D eigenvalue weighted by atomic mass is 9.98. The Morgan fingerprint density at radius 1 is 1.50 bits per heavy atom. The van der Waals surface area contributed by atoms with Crippen molar-refractivity contribution in [3.63, 3.8) is 0 Å². The second-order valence-electron chi connectivity index (χ2n) is 4.34. The Balaban J connectivity index is 2.06. The van der Waals surface area contributed by atoms with Crippen LogP contribution < -0.4 is 0 Å². The van der Waals surface area contributed by atoms with Crippen molar-refractivity contribution >= 4 is 23.2 Å². The van der Waals surface area contributed by atoms with E-state index >= 15 is 0 Å². The van der Waals surface area contributed by atoms with Crippen LogP contribution in [0.15, 0.2) is 18.2 Å². The first kappa shape index (κ1) is 13.2. The van der Waals surface area contributed by atoms with Gasteiger partial charge in [0.1, 0.15) is 5.78 Å². The first-order valence-corrected chi connectivity index (χ1v) is 6.44. The molecule has 1 aromatic rings. The highest BCUT2D eigenvalue weighted by Gasteiger charge is 2.35. The summed E-state index contributed by atoms with van der Waals surface area (Å²) in [4.78, 5) is 24.0. The third-order valence-electron chi connectivity index (χ3n) is 3.16. The minimum absolute atomic E-state index is 0.0410. The molecule has 1 unspecified atom stereocenters. The molecule has 0 fully saturated rings. The predicted molar refractivity (Wildman–Crippen MR) is 69.1 cm³/mol. The van der Waals surface area contributed by atoms with Gasteiger partial charge in [0.05, 0.1) is 12.5 Å². The van der Waals surface area contributed by atoms with Crippen LogP contribution in [0.5, 0.6) is 0 Å². The largest absolute Gasteiger partial charge is 0.381 e. The topological polar surface area (TPSA) is 43.4 Å². The summed E-state index contributed by atoms with van der Waals surface area (Å²) >= 11 is 5.88. The lowest BCUT2D eigenvalue weighted by Crippen LogP contribution is -2.22. The summed E-state index contributed by atoms with van der Waals surface area (Å²) in [5.74, 6) is -0.664. The summed E-state index contributed by atoms with van der Waals surface area (Å²) in [6.07, 6.45) is 0.769. The van der Waals surface area contributed by atoms with Gasteiger partial charge in [-0.2, -0.15) is 0 Å². The molecule has 1 aromatic carbocycles. The molecule has 0 saturated carbocycles. The normalized spacial score (nSPS) is 17.9. The fourth-order valence-corrected chi connectivity index (χ4v) is 2.42. The average molecular weight is 267 g/mol. The van der Waals surface area contributed by atoms with Crippen LogP contribution in [0.1, 0.15) is 29.3 Å². The van der Waals surface area contributed by atoms with E-state index < -0.39 is 5.92 Å². The number of Topliss-reactive ketones (excluding diaryl/α,β-unsaturated/α-hetero) is 2. The van der Waals surface area contributed by atoms with E-state index in [0.717, 1.165) is 5.56 Å². The third kappa shape index (κ3) is 2.62. The van der Waals surface area contributed by atoms with Crippen molar-refractivity contribution in [3.8, 4) is 0 Å². The zero-order valence-electron chi connectivity index (χ0n) is 10.2. The van der Waals surface area contributed by atoms with Gasteiger partial charge >= 0.3 is 0 Å². The minimum atomic E-state index is -0.543. The van der Waals surface area contributed by atoms with Gasteiger partial charge in [0.25, 0.3) is 0 Å². The summed E-state index contributed by atoms with van der Waals surface area (Å²) < 4.78 is 5.14. The first-order valence-electron chi connectivity index (χ1n) is 6.06. The molecule has 1 atom stereocenters. The van der Waals surface area contributed by atoms with Gasteiger partial charge in [0, 0.05) is 23.6 Å². The van der Waals surface area contributed by atoms with E-state index in [9.17, 15) is 9.59 Å². The summed E-state index contributed by atoms with van der Waals surface area (Å²) in [5, 5.41) is 0.601. The Morgan fingerprint density at radius 2 is 2.28 bits per heavy atom. The molecule has 0 heterocycles. The number of halogens is 1. The molecule has 1 aliphatic rings. The second-order valence-corrected chi connectivity index (χ2v) is 4.77. The van der Waals surface area contributed by atoms with Gasteiger partial charge in [-0.25, -0.2) is 0 Å². The highest BCUT2D eigenvalue weighted by molar-refractivity contribution is 6.31. The van der Waals surface area contributed by atoms with Crippen molar-refractivity contribution in [2.45, 2.75) is 19.8 Å². The molecule has 18 heavy (non-hydrogen) atoms. The van der Waals surface area contributed by atoms with Crippen LogP contribution in [0.3, 0.4) is 0 Å². The Morgan fingerprint density at radius 3 is 3.00 bits per heavy atom. The molecule has 0 N–H and O–H groups in total. The van der Waals surface area contributed by atoms with Crippen LogP contribution in [-0.2, 0) is 16.0 Å². The number of carbonyl (C=O) groups is 2.